The highest BCUT2D eigenvalue weighted by molar-refractivity contribution is 5.66. The fraction of sp³-hybridized carbons (Fsp3) is 0.571. The lowest BCUT2D eigenvalue weighted by molar-refractivity contribution is 0.122. The van der Waals surface area contributed by atoms with Gasteiger partial charge in [0.05, 0.1) is 11.4 Å². The average molecular weight is 248 g/mol. The van der Waals surface area contributed by atoms with E-state index in [-0.39, 0.29) is 0 Å². The number of anilines is 2. The Balaban J connectivity index is 1.94. The first-order valence-electron chi connectivity index (χ1n) is 6.55. The molecule has 1 aromatic rings. The molecule has 1 saturated heterocycles. The van der Waals surface area contributed by atoms with Crippen LogP contribution in [0.2, 0.25) is 0 Å². The van der Waals surface area contributed by atoms with E-state index < -0.39 is 0 Å². The van der Waals surface area contributed by atoms with E-state index >= 15 is 0 Å². The minimum atomic E-state index is 0.546. The van der Waals surface area contributed by atoms with Crippen LogP contribution < -0.4 is 11.1 Å². The molecule has 0 radical (unpaired) electrons. The Labute approximate surface area is 110 Å². The molecule has 4 nitrogen and oxygen atoms in total. The second-order valence-electron chi connectivity index (χ2n) is 5.37. The minimum absolute atomic E-state index is 0.546. The lowest BCUT2D eigenvalue weighted by atomic mass is 10.1. The van der Waals surface area contributed by atoms with Crippen LogP contribution in [0.5, 0.6) is 0 Å². The molecular weight excluding hydrogens is 224 g/mol. The van der Waals surface area contributed by atoms with Gasteiger partial charge in [-0.1, -0.05) is 6.07 Å². The lowest BCUT2D eigenvalue weighted by Crippen LogP contribution is -2.52. The molecular formula is C14H24N4. The van der Waals surface area contributed by atoms with Gasteiger partial charge in [0.2, 0.25) is 0 Å². The summed E-state index contributed by atoms with van der Waals surface area (Å²) >= 11 is 0. The number of nitrogens with two attached hydrogens (primary N) is 1. The van der Waals surface area contributed by atoms with Gasteiger partial charge in [0.25, 0.3) is 0 Å². The standard InChI is InChI=1S/C14H24N4/c1-11-4-5-14(13(15)8-11)16-9-12-10-17(2)6-7-18(12)3/h4-5,8,12,16H,6-7,9-10,15H2,1-3H3. The largest absolute Gasteiger partial charge is 0.397 e. The number of nitrogen functional groups attached to an aromatic ring is 1. The van der Waals surface area contributed by atoms with E-state index in [1.807, 2.05) is 6.07 Å². The summed E-state index contributed by atoms with van der Waals surface area (Å²) in [7, 11) is 4.37. The molecule has 18 heavy (non-hydrogen) atoms. The van der Waals surface area contributed by atoms with Crippen molar-refractivity contribution >= 4 is 11.4 Å². The summed E-state index contributed by atoms with van der Waals surface area (Å²) in [5, 5.41) is 3.47. The quantitative estimate of drug-likeness (QED) is 0.790. The van der Waals surface area contributed by atoms with E-state index in [2.05, 4.69) is 48.3 Å². The maximum absolute atomic E-state index is 6.01. The summed E-state index contributed by atoms with van der Waals surface area (Å²) in [5.74, 6) is 0. The highest BCUT2D eigenvalue weighted by Crippen LogP contribution is 2.19. The van der Waals surface area contributed by atoms with Crippen molar-refractivity contribution in [2.45, 2.75) is 13.0 Å². The number of nitrogens with one attached hydrogen (secondary N) is 1. The summed E-state index contributed by atoms with van der Waals surface area (Å²) in [6.07, 6.45) is 0. The van der Waals surface area contributed by atoms with Crippen molar-refractivity contribution in [3.8, 4) is 0 Å². The van der Waals surface area contributed by atoms with Crippen molar-refractivity contribution in [3.05, 3.63) is 23.8 Å². The summed E-state index contributed by atoms with van der Waals surface area (Å²) in [5.41, 5.74) is 9.09. The van der Waals surface area contributed by atoms with Crippen LogP contribution in [0.4, 0.5) is 11.4 Å². The fourth-order valence-corrected chi connectivity index (χ4v) is 2.39. The molecule has 0 aromatic heterocycles. The molecule has 1 heterocycles. The molecule has 1 aliphatic heterocycles. The molecule has 4 heteroatoms. The first-order valence-corrected chi connectivity index (χ1v) is 6.55. The number of aryl methyl sites for hydroxylation is 1. The SMILES string of the molecule is Cc1ccc(NCC2CN(C)CCN2C)c(N)c1. The van der Waals surface area contributed by atoms with Gasteiger partial charge in [0.1, 0.15) is 0 Å². The van der Waals surface area contributed by atoms with Gasteiger partial charge in [-0.3, -0.25) is 4.90 Å². The normalized spacial score (nSPS) is 22.1. The van der Waals surface area contributed by atoms with Crippen LogP contribution in [0.25, 0.3) is 0 Å². The maximum atomic E-state index is 6.01. The predicted octanol–water partition coefficient (Wildman–Crippen LogP) is 1.23. The van der Waals surface area contributed by atoms with E-state index in [9.17, 15) is 0 Å². The number of hydrogen-bond donors (Lipinski definition) is 2. The maximum Gasteiger partial charge on any atom is 0.0574 e. The van der Waals surface area contributed by atoms with Crippen LogP contribution >= 0.6 is 0 Å². The number of benzene rings is 1. The van der Waals surface area contributed by atoms with Crippen molar-refractivity contribution in [3.63, 3.8) is 0 Å². The Bertz CT molecular complexity index is 405. The highest BCUT2D eigenvalue weighted by Gasteiger charge is 2.21. The van der Waals surface area contributed by atoms with Crippen LogP contribution in [-0.4, -0.2) is 56.1 Å². The van der Waals surface area contributed by atoms with Crippen molar-refractivity contribution < 1.29 is 0 Å². The van der Waals surface area contributed by atoms with Crippen molar-refractivity contribution in [1.82, 2.24) is 9.80 Å². The van der Waals surface area contributed by atoms with E-state index in [1.165, 1.54) is 5.56 Å². The van der Waals surface area contributed by atoms with Crippen molar-refractivity contribution in [1.29, 1.82) is 0 Å². The zero-order valence-corrected chi connectivity index (χ0v) is 11.6. The smallest absolute Gasteiger partial charge is 0.0574 e. The van der Waals surface area contributed by atoms with Gasteiger partial charge in [0, 0.05) is 32.2 Å². The van der Waals surface area contributed by atoms with Crippen molar-refractivity contribution in [2.24, 2.45) is 0 Å². The number of nitrogens with zero attached hydrogens (tertiary/aromatic N) is 2. The summed E-state index contributed by atoms with van der Waals surface area (Å²) in [4.78, 5) is 4.79. The van der Waals surface area contributed by atoms with E-state index in [4.69, 9.17) is 5.73 Å². The zero-order chi connectivity index (χ0) is 13.1. The molecule has 1 aromatic carbocycles. The Hall–Kier alpha value is -1.26. The fourth-order valence-electron chi connectivity index (χ4n) is 2.39. The van der Waals surface area contributed by atoms with E-state index in [0.29, 0.717) is 6.04 Å². The first-order chi connectivity index (χ1) is 8.56. The van der Waals surface area contributed by atoms with Gasteiger partial charge in [-0.15, -0.1) is 0 Å². The molecule has 0 saturated carbocycles. The number of hydrogen-bond acceptors (Lipinski definition) is 4. The Kier molecular flexibility index (Phi) is 4.09. The van der Waals surface area contributed by atoms with Crippen LogP contribution in [0.3, 0.4) is 0 Å². The van der Waals surface area contributed by atoms with E-state index in [0.717, 1.165) is 37.6 Å². The van der Waals surface area contributed by atoms with Crippen LogP contribution in [0, 0.1) is 6.92 Å². The zero-order valence-electron chi connectivity index (χ0n) is 11.6. The highest BCUT2D eigenvalue weighted by atomic mass is 15.3. The average Bonchev–Trinajstić information content (AvgIpc) is 2.32. The summed E-state index contributed by atoms with van der Waals surface area (Å²) < 4.78 is 0. The molecule has 1 fully saturated rings. The number of piperazine rings is 1. The molecule has 0 bridgehead atoms. The third-order valence-corrected chi connectivity index (χ3v) is 3.72. The Morgan fingerprint density at radius 1 is 1.33 bits per heavy atom. The van der Waals surface area contributed by atoms with Crippen LogP contribution in [0.15, 0.2) is 18.2 Å². The van der Waals surface area contributed by atoms with Crippen LogP contribution in [-0.2, 0) is 0 Å². The lowest BCUT2D eigenvalue weighted by Gasteiger charge is -2.38. The van der Waals surface area contributed by atoms with Gasteiger partial charge in [-0.05, 0) is 38.7 Å². The van der Waals surface area contributed by atoms with E-state index in [1.54, 1.807) is 0 Å². The molecule has 0 aliphatic carbocycles. The Morgan fingerprint density at radius 3 is 2.83 bits per heavy atom. The third kappa shape index (κ3) is 3.15. The van der Waals surface area contributed by atoms with Gasteiger partial charge in [0.15, 0.2) is 0 Å². The molecule has 1 aliphatic rings. The monoisotopic (exact) mass is 248 g/mol. The van der Waals surface area contributed by atoms with Gasteiger partial charge in [-0.2, -0.15) is 0 Å². The molecule has 3 N–H and O–H groups in total. The second kappa shape index (κ2) is 5.59. The van der Waals surface area contributed by atoms with Crippen LogP contribution in [0.1, 0.15) is 5.56 Å². The molecule has 1 atom stereocenters. The second-order valence-corrected chi connectivity index (χ2v) is 5.37. The van der Waals surface area contributed by atoms with Gasteiger partial charge >= 0.3 is 0 Å². The predicted molar refractivity (Wildman–Crippen MR) is 78.0 cm³/mol. The molecule has 1 unspecified atom stereocenters. The Morgan fingerprint density at radius 2 is 2.11 bits per heavy atom. The van der Waals surface area contributed by atoms with Gasteiger partial charge in [-0.25, -0.2) is 0 Å². The minimum Gasteiger partial charge on any atom is -0.397 e. The van der Waals surface area contributed by atoms with Gasteiger partial charge < -0.3 is 16.0 Å². The number of likely N-dealkylation sites (N-methyl/N-ethyl adjacent to an activating group) is 2. The molecule has 0 amide bonds. The topological polar surface area (TPSA) is 44.5 Å². The number of rotatable bonds is 3. The third-order valence-electron chi connectivity index (χ3n) is 3.72. The molecule has 0 spiro atoms. The van der Waals surface area contributed by atoms with Crippen molar-refractivity contribution in [2.75, 3.05) is 51.3 Å². The molecule has 2 rings (SSSR count). The summed E-state index contributed by atoms with van der Waals surface area (Å²) in [6, 6.07) is 6.72. The molecule has 100 valence electrons. The summed E-state index contributed by atoms with van der Waals surface area (Å²) in [6.45, 7) is 6.39. The first kappa shape index (κ1) is 13.2.